The van der Waals surface area contributed by atoms with Crippen LogP contribution >= 0.6 is 0 Å². The molecule has 2 rings (SSSR count). The van der Waals surface area contributed by atoms with Gasteiger partial charge in [-0.1, -0.05) is 30.3 Å². The maximum Gasteiger partial charge on any atom is 0.320 e. The average molecular weight is 372 g/mol. The van der Waals surface area contributed by atoms with Crippen molar-refractivity contribution in [2.45, 2.75) is 19.6 Å². The predicted octanol–water partition coefficient (Wildman–Crippen LogP) is 2.35. The van der Waals surface area contributed by atoms with Crippen LogP contribution in [0, 0.1) is 16.0 Å². The Balaban J connectivity index is 1.90. The Hall–Kier alpha value is -3.26. The van der Waals surface area contributed by atoms with Crippen molar-refractivity contribution in [3.05, 3.63) is 75.8 Å². The molecule has 8 heteroatoms. The summed E-state index contributed by atoms with van der Waals surface area (Å²) in [6.07, 6.45) is 0.104. The molecule has 0 aliphatic rings. The molecule has 142 valence electrons. The summed E-state index contributed by atoms with van der Waals surface area (Å²) in [5, 5.41) is 10.6. The Bertz CT molecular complexity index is 777. The summed E-state index contributed by atoms with van der Waals surface area (Å²) in [5.74, 6) is -2.55. The topological polar surface area (TPSA) is 122 Å². The standard InChI is InChI=1S/C19H20N2O6/c20-11-10-17(18(22)26-12-14-4-2-1-3-5-14)19(23)27-13-15-6-8-16(9-7-15)21(24)25/h1-9,17H,10-13,20H2. The van der Waals surface area contributed by atoms with Crippen molar-refractivity contribution in [2.24, 2.45) is 11.7 Å². The van der Waals surface area contributed by atoms with E-state index in [1.807, 2.05) is 18.2 Å². The minimum absolute atomic E-state index is 0.0520. The number of hydrogen-bond donors (Lipinski definition) is 1. The first-order chi connectivity index (χ1) is 13.0. The highest BCUT2D eigenvalue weighted by Crippen LogP contribution is 2.15. The van der Waals surface area contributed by atoms with Gasteiger partial charge in [0, 0.05) is 12.1 Å². The van der Waals surface area contributed by atoms with E-state index in [2.05, 4.69) is 0 Å². The third-order valence-corrected chi connectivity index (χ3v) is 3.78. The van der Waals surface area contributed by atoms with Crippen molar-refractivity contribution in [1.82, 2.24) is 0 Å². The van der Waals surface area contributed by atoms with E-state index < -0.39 is 22.8 Å². The highest BCUT2D eigenvalue weighted by Gasteiger charge is 2.29. The number of carbonyl (C=O) groups excluding carboxylic acids is 2. The lowest BCUT2D eigenvalue weighted by Gasteiger charge is -2.15. The van der Waals surface area contributed by atoms with Crippen molar-refractivity contribution in [2.75, 3.05) is 6.54 Å². The van der Waals surface area contributed by atoms with Gasteiger partial charge in [0.05, 0.1) is 4.92 Å². The third kappa shape index (κ3) is 6.19. The molecule has 0 spiro atoms. The first-order valence-electron chi connectivity index (χ1n) is 8.32. The van der Waals surface area contributed by atoms with E-state index in [1.54, 1.807) is 12.1 Å². The minimum Gasteiger partial charge on any atom is -0.460 e. The quantitative estimate of drug-likeness (QED) is 0.310. The molecule has 0 aliphatic heterocycles. The molecule has 1 unspecified atom stereocenters. The van der Waals surface area contributed by atoms with Crippen molar-refractivity contribution in [3.8, 4) is 0 Å². The number of nitrogens with two attached hydrogens (primary N) is 1. The van der Waals surface area contributed by atoms with Gasteiger partial charge in [0.2, 0.25) is 0 Å². The van der Waals surface area contributed by atoms with Crippen LogP contribution in [0.1, 0.15) is 17.5 Å². The molecule has 8 nitrogen and oxygen atoms in total. The fourth-order valence-corrected chi connectivity index (χ4v) is 2.30. The zero-order valence-electron chi connectivity index (χ0n) is 14.6. The van der Waals surface area contributed by atoms with Gasteiger partial charge >= 0.3 is 11.9 Å². The lowest BCUT2D eigenvalue weighted by Crippen LogP contribution is -2.30. The van der Waals surface area contributed by atoms with Gasteiger partial charge in [-0.3, -0.25) is 19.7 Å². The van der Waals surface area contributed by atoms with E-state index in [1.165, 1.54) is 24.3 Å². The summed E-state index contributed by atoms with van der Waals surface area (Å²) in [7, 11) is 0. The van der Waals surface area contributed by atoms with Crippen molar-refractivity contribution in [1.29, 1.82) is 0 Å². The van der Waals surface area contributed by atoms with E-state index in [-0.39, 0.29) is 31.9 Å². The second-order valence-corrected chi connectivity index (χ2v) is 5.75. The van der Waals surface area contributed by atoms with Crippen LogP contribution in [-0.4, -0.2) is 23.4 Å². The first kappa shape index (κ1) is 20.1. The molecule has 0 saturated heterocycles. The number of non-ortho nitro benzene ring substituents is 1. The van der Waals surface area contributed by atoms with Gasteiger partial charge in [-0.25, -0.2) is 0 Å². The molecule has 0 aliphatic carbocycles. The van der Waals surface area contributed by atoms with Crippen LogP contribution in [0.25, 0.3) is 0 Å². The maximum absolute atomic E-state index is 12.2. The second kappa shape index (κ2) is 10.0. The number of nitro benzene ring substituents is 1. The highest BCUT2D eigenvalue weighted by molar-refractivity contribution is 5.94. The van der Waals surface area contributed by atoms with Gasteiger partial charge in [0.1, 0.15) is 13.2 Å². The molecule has 0 aromatic heterocycles. The number of carbonyl (C=O) groups is 2. The number of nitrogens with zero attached hydrogens (tertiary/aromatic N) is 1. The van der Waals surface area contributed by atoms with Gasteiger partial charge in [-0.2, -0.15) is 0 Å². The summed E-state index contributed by atoms with van der Waals surface area (Å²) >= 11 is 0. The monoisotopic (exact) mass is 372 g/mol. The fourth-order valence-electron chi connectivity index (χ4n) is 2.30. The number of nitro groups is 1. The summed E-state index contributed by atoms with van der Waals surface area (Å²) in [4.78, 5) is 34.6. The Labute approximate surface area is 156 Å². The van der Waals surface area contributed by atoms with Gasteiger partial charge in [-0.05, 0) is 36.2 Å². The number of rotatable bonds is 9. The van der Waals surface area contributed by atoms with Crippen molar-refractivity contribution < 1.29 is 24.0 Å². The first-order valence-corrected chi connectivity index (χ1v) is 8.32. The molecule has 0 heterocycles. The summed E-state index contributed by atoms with van der Waals surface area (Å²) in [6.45, 7) is 0.0674. The van der Waals surface area contributed by atoms with E-state index in [0.717, 1.165) is 5.56 Å². The van der Waals surface area contributed by atoms with Crippen LogP contribution < -0.4 is 5.73 Å². The number of benzene rings is 2. The molecule has 27 heavy (non-hydrogen) atoms. The van der Waals surface area contributed by atoms with Crippen LogP contribution in [0.4, 0.5) is 5.69 Å². The van der Waals surface area contributed by atoms with E-state index in [9.17, 15) is 19.7 Å². The molecule has 0 fully saturated rings. The van der Waals surface area contributed by atoms with Crippen LogP contribution in [0.5, 0.6) is 0 Å². The zero-order valence-corrected chi connectivity index (χ0v) is 14.6. The van der Waals surface area contributed by atoms with Crippen molar-refractivity contribution in [3.63, 3.8) is 0 Å². The smallest absolute Gasteiger partial charge is 0.320 e. The Morgan fingerprint density at radius 3 is 1.93 bits per heavy atom. The maximum atomic E-state index is 12.2. The molecule has 0 bridgehead atoms. The van der Waals surface area contributed by atoms with Gasteiger partial charge in [0.15, 0.2) is 5.92 Å². The number of hydrogen-bond acceptors (Lipinski definition) is 7. The molecule has 2 aromatic carbocycles. The lowest BCUT2D eigenvalue weighted by molar-refractivity contribution is -0.384. The minimum atomic E-state index is -1.11. The van der Waals surface area contributed by atoms with Crippen LogP contribution in [0.15, 0.2) is 54.6 Å². The molecule has 0 amide bonds. The predicted molar refractivity (Wildman–Crippen MR) is 96.3 cm³/mol. The summed E-state index contributed by atoms with van der Waals surface area (Å²) < 4.78 is 10.3. The van der Waals surface area contributed by atoms with Gasteiger partial charge in [-0.15, -0.1) is 0 Å². The molecule has 2 aromatic rings. The molecule has 2 N–H and O–H groups in total. The van der Waals surface area contributed by atoms with Crippen LogP contribution in [-0.2, 0) is 32.3 Å². The normalized spacial score (nSPS) is 11.4. The van der Waals surface area contributed by atoms with Gasteiger partial charge in [0.25, 0.3) is 5.69 Å². The molecular weight excluding hydrogens is 352 g/mol. The number of ether oxygens (including phenoxy) is 2. The molecular formula is C19H20N2O6. The SMILES string of the molecule is NCCC(C(=O)OCc1ccccc1)C(=O)OCc1ccc([N+](=O)[O-])cc1. The van der Waals surface area contributed by atoms with Crippen molar-refractivity contribution >= 4 is 17.6 Å². The molecule has 1 atom stereocenters. The van der Waals surface area contributed by atoms with E-state index >= 15 is 0 Å². The van der Waals surface area contributed by atoms with E-state index in [0.29, 0.717) is 5.56 Å². The lowest BCUT2D eigenvalue weighted by atomic mass is 10.1. The number of esters is 2. The molecule has 0 saturated carbocycles. The van der Waals surface area contributed by atoms with Gasteiger partial charge < -0.3 is 15.2 Å². The summed E-state index contributed by atoms with van der Waals surface area (Å²) in [6, 6.07) is 14.7. The Kier molecular flexibility index (Phi) is 7.45. The van der Waals surface area contributed by atoms with Crippen LogP contribution in [0.3, 0.4) is 0 Å². The summed E-state index contributed by atoms with van der Waals surface area (Å²) in [5.41, 5.74) is 6.80. The Morgan fingerprint density at radius 1 is 0.926 bits per heavy atom. The molecule has 0 radical (unpaired) electrons. The zero-order chi connectivity index (χ0) is 19.6. The highest BCUT2D eigenvalue weighted by atomic mass is 16.6. The second-order valence-electron chi connectivity index (χ2n) is 5.75. The largest absolute Gasteiger partial charge is 0.460 e. The average Bonchev–Trinajstić information content (AvgIpc) is 2.69. The third-order valence-electron chi connectivity index (χ3n) is 3.78. The fraction of sp³-hybridized carbons (Fsp3) is 0.263. The van der Waals surface area contributed by atoms with Crippen LogP contribution in [0.2, 0.25) is 0 Å². The van der Waals surface area contributed by atoms with E-state index in [4.69, 9.17) is 15.2 Å². The Morgan fingerprint density at radius 2 is 1.44 bits per heavy atom.